The number of rotatable bonds is 6. The molecule has 1 heterocycles. The smallest absolute Gasteiger partial charge is 0.0454 e. The quantitative estimate of drug-likeness (QED) is 0.859. The number of benzene rings is 2. The van der Waals surface area contributed by atoms with Crippen molar-refractivity contribution in [2.75, 3.05) is 18.4 Å². The van der Waals surface area contributed by atoms with Crippen LogP contribution in [0.15, 0.2) is 60.7 Å². The molecule has 1 N–H and O–H groups in total. The molecule has 0 aliphatic carbocycles. The summed E-state index contributed by atoms with van der Waals surface area (Å²) in [5.74, 6) is 0. The van der Waals surface area contributed by atoms with Crippen molar-refractivity contribution in [3.8, 4) is 0 Å². The van der Waals surface area contributed by atoms with E-state index in [1.54, 1.807) is 0 Å². The van der Waals surface area contributed by atoms with Gasteiger partial charge in [-0.15, -0.1) is 0 Å². The van der Waals surface area contributed by atoms with Gasteiger partial charge in [0, 0.05) is 17.8 Å². The van der Waals surface area contributed by atoms with Gasteiger partial charge in [-0.2, -0.15) is 0 Å². The van der Waals surface area contributed by atoms with Crippen molar-refractivity contribution in [3.63, 3.8) is 0 Å². The maximum Gasteiger partial charge on any atom is 0.0454 e. The number of para-hydroxylation sites is 1. The number of nitrogens with zero attached hydrogens (tertiary/aromatic N) is 1. The van der Waals surface area contributed by atoms with Gasteiger partial charge in [0.15, 0.2) is 0 Å². The second-order valence-electron chi connectivity index (χ2n) is 6.29. The Bertz CT molecular complexity index is 505. The van der Waals surface area contributed by atoms with Gasteiger partial charge in [0.05, 0.1) is 0 Å². The van der Waals surface area contributed by atoms with E-state index in [4.69, 9.17) is 0 Å². The van der Waals surface area contributed by atoms with Gasteiger partial charge < -0.3 is 5.32 Å². The van der Waals surface area contributed by atoms with E-state index in [2.05, 4.69) is 77.8 Å². The third kappa shape index (κ3) is 3.89. The van der Waals surface area contributed by atoms with Gasteiger partial charge in [0.1, 0.15) is 0 Å². The van der Waals surface area contributed by atoms with E-state index in [0.717, 1.165) is 6.42 Å². The molecular formula is C20H26N2. The molecule has 3 rings (SSSR count). The standard InChI is InChI=1S/C20H26N2/c1-17(22-14-8-9-15-22)20(16-18-10-4-2-5-11-18)21-19-12-6-3-7-13-19/h2-7,10-13,17,20-21H,8-9,14-16H2,1H3. The molecule has 0 bridgehead atoms. The lowest BCUT2D eigenvalue weighted by atomic mass is 9.99. The average molecular weight is 294 g/mol. The lowest BCUT2D eigenvalue weighted by Gasteiger charge is -2.33. The van der Waals surface area contributed by atoms with E-state index in [9.17, 15) is 0 Å². The summed E-state index contributed by atoms with van der Waals surface area (Å²) in [4.78, 5) is 2.63. The molecule has 1 aliphatic heterocycles. The lowest BCUT2D eigenvalue weighted by molar-refractivity contribution is 0.233. The van der Waals surface area contributed by atoms with Crippen molar-refractivity contribution in [3.05, 3.63) is 66.2 Å². The molecule has 116 valence electrons. The Labute approximate surface area is 134 Å². The Kier molecular flexibility index (Phi) is 5.12. The molecule has 0 saturated carbocycles. The average Bonchev–Trinajstić information content (AvgIpc) is 3.10. The summed E-state index contributed by atoms with van der Waals surface area (Å²) in [6.07, 6.45) is 3.74. The van der Waals surface area contributed by atoms with Crippen molar-refractivity contribution in [1.29, 1.82) is 0 Å². The second-order valence-corrected chi connectivity index (χ2v) is 6.29. The van der Waals surface area contributed by atoms with Gasteiger partial charge in [0.2, 0.25) is 0 Å². The highest BCUT2D eigenvalue weighted by atomic mass is 15.2. The Morgan fingerprint density at radius 1 is 0.909 bits per heavy atom. The maximum atomic E-state index is 3.76. The molecule has 0 aromatic heterocycles. The second kappa shape index (κ2) is 7.46. The molecule has 22 heavy (non-hydrogen) atoms. The minimum Gasteiger partial charge on any atom is -0.380 e. The van der Waals surface area contributed by atoms with Crippen molar-refractivity contribution in [2.45, 2.75) is 38.3 Å². The number of likely N-dealkylation sites (tertiary alicyclic amines) is 1. The summed E-state index contributed by atoms with van der Waals surface area (Å²) in [6.45, 7) is 4.85. The fourth-order valence-corrected chi connectivity index (χ4v) is 3.36. The number of hydrogen-bond acceptors (Lipinski definition) is 2. The van der Waals surface area contributed by atoms with Gasteiger partial charge >= 0.3 is 0 Å². The Balaban J connectivity index is 1.75. The molecule has 2 nitrogen and oxygen atoms in total. The number of hydrogen-bond donors (Lipinski definition) is 1. The molecule has 0 radical (unpaired) electrons. The fraction of sp³-hybridized carbons (Fsp3) is 0.400. The van der Waals surface area contributed by atoms with Crippen LogP contribution in [-0.2, 0) is 6.42 Å². The summed E-state index contributed by atoms with van der Waals surface area (Å²) in [6, 6.07) is 22.4. The molecule has 0 spiro atoms. The van der Waals surface area contributed by atoms with Crippen molar-refractivity contribution in [1.82, 2.24) is 4.90 Å². The van der Waals surface area contributed by atoms with E-state index in [1.165, 1.54) is 37.2 Å². The number of nitrogens with one attached hydrogen (secondary N) is 1. The monoisotopic (exact) mass is 294 g/mol. The van der Waals surface area contributed by atoms with Crippen LogP contribution in [0.25, 0.3) is 0 Å². The van der Waals surface area contributed by atoms with Crippen LogP contribution in [-0.4, -0.2) is 30.1 Å². The summed E-state index contributed by atoms with van der Waals surface area (Å²) < 4.78 is 0. The minimum absolute atomic E-state index is 0.433. The lowest BCUT2D eigenvalue weighted by Crippen LogP contribution is -2.45. The van der Waals surface area contributed by atoms with Gasteiger partial charge in [-0.05, 0) is 57.0 Å². The van der Waals surface area contributed by atoms with Crippen molar-refractivity contribution >= 4 is 5.69 Å². The summed E-state index contributed by atoms with van der Waals surface area (Å²) in [5.41, 5.74) is 2.62. The molecule has 0 amide bonds. The normalized spacial score (nSPS) is 18.0. The third-order valence-electron chi connectivity index (χ3n) is 4.72. The van der Waals surface area contributed by atoms with Crippen LogP contribution in [0.5, 0.6) is 0 Å². The zero-order valence-corrected chi connectivity index (χ0v) is 13.4. The largest absolute Gasteiger partial charge is 0.380 e. The zero-order chi connectivity index (χ0) is 15.2. The minimum atomic E-state index is 0.433. The molecule has 1 aliphatic rings. The van der Waals surface area contributed by atoms with Gasteiger partial charge in [-0.1, -0.05) is 48.5 Å². The van der Waals surface area contributed by atoms with Crippen LogP contribution >= 0.6 is 0 Å². The van der Waals surface area contributed by atoms with E-state index in [0.29, 0.717) is 12.1 Å². The van der Waals surface area contributed by atoms with Crippen LogP contribution in [0.3, 0.4) is 0 Å². The Morgan fingerprint density at radius 3 is 2.14 bits per heavy atom. The van der Waals surface area contributed by atoms with E-state index in [1.807, 2.05) is 0 Å². The summed E-state index contributed by atoms with van der Waals surface area (Å²) in [7, 11) is 0. The number of anilines is 1. The van der Waals surface area contributed by atoms with Crippen LogP contribution in [0, 0.1) is 0 Å². The van der Waals surface area contributed by atoms with E-state index in [-0.39, 0.29) is 0 Å². The molecule has 2 atom stereocenters. The first kappa shape index (κ1) is 15.1. The highest BCUT2D eigenvalue weighted by molar-refractivity contribution is 5.44. The van der Waals surface area contributed by atoms with Crippen LogP contribution in [0.1, 0.15) is 25.3 Å². The van der Waals surface area contributed by atoms with Crippen molar-refractivity contribution < 1.29 is 0 Å². The van der Waals surface area contributed by atoms with Gasteiger partial charge in [-0.3, -0.25) is 4.90 Å². The van der Waals surface area contributed by atoms with E-state index < -0.39 is 0 Å². The van der Waals surface area contributed by atoms with Crippen LogP contribution in [0.4, 0.5) is 5.69 Å². The molecule has 2 aromatic rings. The topological polar surface area (TPSA) is 15.3 Å². The molecule has 1 saturated heterocycles. The van der Waals surface area contributed by atoms with E-state index >= 15 is 0 Å². The predicted molar refractivity (Wildman–Crippen MR) is 94.3 cm³/mol. The van der Waals surface area contributed by atoms with Crippen LogP contribution in [0.2, 0.25) is 0 Å². The molecule has 2 heteroatoms. The third-order valence-corrected chi connectivity index (χ3v) is 4.72. The van der Waals surface area contributed by atoms with Crippen molar-refractivity contribution in [2.24, 2.45) is 0 Å². The zero-order valence-electron chi connectivity index (χ0n) is 13.4. The Hall–Kier alpha value is -1.80. The van der Waals surface area contributed by atoms with Gasteiger partial charge in [-0.25, -0.2) is 0 Å². The van der Waals surface area contributed by atoms with Crippen LogP contribution < -0.4 is 5.32 Å². The Morgan fingerprint density at radius 2 is 1.50 bits per heavy atom. The molecule has 2 aromatic carbocycles. The molecule has 2 unspecified atom stereocenters. The summed E-state index contributed by atoms with van der Waals surface area (Å²) in [5, 5.41) is 3.76. The first-order chi connectivity index (χ1) is 10.8. The first-order valence-corrected chi connectivity index (χ1v) is 8.42. The molecule has 1 fully saturated rings. The highest BCUT2D eigenvalue weighted by Crippen LogP contribution is 2.20. The maximum absolute atomic E-state index is 3.76. The SMILES string of the molecule is CC(C(Cc1ccccc1)Nc1ccccc1)N1CCCC1. The van der Waals surface area contributed by atoms with Gasteiger partial charge in [0.25, 0.3) is 0 Å². The fourth-order valence-electron chi connectivity index (χ4n) is 3.36. The first-order valence-electron chi connectivity index (χ1n) is 8.42. The summed E-state index contributed by atoms with van der Waals surface area (Å²) >= 11 is 0. The molecular weight excluding hydrogens is 268 g/mol. The highest BCUT2D eigenvalue weighted by Gasteiger charge is 2.25. The predicted octanol–water partition coefficient (Wildman–Crippen LogP) is 4.19.